The number of hydrogen-bond donors (Lipinski definition) is 0. The number of esters is 1. The summed E-state index contributed by atoms with van der Waals surface area (Å²) in [5, 5.41) is 0. The third kappa shape index (κ3) is 1.79. The molecule has 1 saturated heterocycles. The maximum atomic E-state index is 12.2. The predicted molar refractivity (Wildman–Crippen MR) is 73.9 cm³/mol. The molecule has 1 aromatic carbocycles. The first-order valence-corrected chi connectivity index (χ1v) is 6.66. The monoisotopic (exact) mass is 262 g/mol. The fourth-order valence-corrected chi connectivity index (χ4v) is 3.19. The lowest BCUT2D eigenvalue weighted by Crippen LogP contribution is -2.38. The van der Waals surface area contributed by atoms with Crippen molar-refractivity contribution in [2.45, 2.75) is 45.8 Å². The van der Waals surface area contributed by atoms with E-state index in [4.69, 9.17) is 9.47 Å². The van der Waals surface area contributed by atoms with Crippen molar-refractivity contribution in [2.24, 2.45) is 5.92 Å². The molecule has 2 unspecified atom stereocenters. The minimum absolute atomic E-state index is 0.0608. The molecular weight excluding hydrogens is 240 g/mol. The zero-order valence-electron chi connectivity index (χ0n) is 12.5. The van der Waals surface area contributed by atoms with Gasteiger partial charge in [0.2, 0.25) is 5.60 Å². The maximum Gasteiger partial charge on any atom is 0.341 e. The lowest BCUT2D eigenvalue weighted by Gasteiger charge is -2.20. The van der Waals surface area contributed by atoms with Gasteiger partial charge in [0.25, 0.3) is 0 Å². The molecule has 3 heteroatoms. The fourth-order valence-electron chi connectivity index (χ4n) is 3.19. The average molecular weight is 262 g/mol. The predicted octanol–water partition coefficient (Wildman–Crippen LogP) is 3.12. The molecule has 0 N–H and O–H groups in total. The second kappa shape index (κ2) is 4.34. The number of epoxide rings is 1. The summed E-state index contributed by atoms with van der Waals surface area (Å²) in [7, 11) is 1.41. The lowest BCUT2D eigenvalue weighted by molar-refractivity contribution is -0.148. The smallest absolute Gasteiger partial charge is 0.341 e. The van der Waals surface area contributed by atoms with Gasteiger partial charge >= 0.3 is 5.97 Å². The van der Waals surface area contributed by atoms with Gasteiger partial charge in [-0.1, -0.05) is 37.6 Å². The highest BCUT2D eigenvalue weighted by Gasteiger charge is 2.75. The molecule has 0 bridgehead atoms. The molecule has 1 aliphatic rings. The van der Waals surface area contributed by atoms with Gasteiger partial charge in [0.1, 0.15) is 5.60 Å². The van der Waals surface area contributed by atoms with Crippen LogP contribution in [0.5, 0.6) is 0 Å². The molecule has 1 heterocycles. The second-order valence-electron chi connectivity index (χ2n) is 5.84. The van der Waals surface area contributed by atoms with Crippen LogP contribution in [-0.4, -0.2) is 18.7 Å². The zero-order chi connectivity index (χ0) is 14.4. The van der Waals surface area contributed by atoms with Crippen molar-refractivity contribution in [1.82, 2.24) is 0 Å². The standard InChI is InChI=1S/C16H22O3/c1-10(2)16(14(17)18-6)15(5,19-16)13-8-7-11(3)9-12(13)4/h7-10H,1-6H3. The first-order valence-electron chi connectivity index (χ1n) is 6.66. The Bertz CT molecular complexity index is 521. The van der Waals surface area contributed by atoms with Crippen LogP contribution in [0.3, 0.4) is 0 Å². The van der Waals surface area contributed by atoms with Crippen LogP contribution in [0.25, 0.3) is 0 Å². The van der Waals surface area contributed by atoms with E-state index in [0.29, 0.717) is 0 Å². The van der Waals surface area contributed by atoms with E-state index in [2.05, 4.69) is 32.0 Å². The van der Waals surface area contributed by atoms with E-state index in [1.807, 2.05) is 20.8 Å². The van der Waals surface area contributed by atoms with Crippen LogP contribution in [0.1, 0.15) is 37.5 Å². The van der Waals surface area contributed by atoms with Crippen LogP contribution >= 0.6 is 0 Å². The second-order valence-corrected chi connectivity index (χ2v) is 5.84. The van der Waals surface area contributed by atoms with E-state index in [9.17, 15) is 4.79 Å². The molecule has 0 amide bonds. The van der Waals surface area contributed by atoms with Crippen molar-refractivity contribution in [1.29, 1.82) is 0 Å². The first kappa shape index (κ1) is 14.1. The number of hydrogen-bond acceptors (Lipinski definition) is 3. The molecule has 104 valence electrons. The average Bonchev–Trinajstić information content (AvgIpc) is 2.97. The number of benzene rings is 1. The van der Waals surface area contributed by atoms with Crippen molar-refractivity contribution >= 4 is 5.97 Å². The van der Waals surface area contributed by atoms with E-state index in [1.54, 1.807) is 0 Å². The highest BCUT2D eigenvalue weighted by atomic mass is 16.7. The van der Waals surface area contributed by atoms with Gasteiger partial charge in [0.15, 0.2) is 0 Å². The van der Waals surface area contributed by atoms with Crippen LogP contribution in [0.4, 0.5) is 0 Å². The van der Waals surface area contributed by atoms with E-state index >= 15 is 0 Å². The number of carbonyl (C=O) groups excluding carboxylic acids is 1. The van der Waals surface area contributed by atoms with Crippen LogP contribution in [0, 0.1) is 19.8 Å². The van der Waals surface area contributed by atoms with Gasteiger partial charge in [-0.25, -0.2) is 4.79 Å². The van der Waals surface area contributed by atoms with E-state index < -0.39 is 11.2 Å². The topological polar surface area (TPSA) is 38.8 Å². The minimum Gasteiger partial charge on any atom is -0.467 e. The van der Waals surface area contributed by atoms with Crippen molar-refractivity contribution in [2.75, 3.05) is 7.11 Å². The molecule has 1 aromatic rings. The van der Waals surface area contributed by atoms with Crippen molar-refractivity contribution in [3.05, 3.63) is 34.9 Å². The van der Waals surface area contributed by atoms with E-state index in [-0.39, 0.29) is 11.9 Å². The van der Waals surface area contributed by atoms with Crippen LogP contribution in [0.15, 0.2) is 18.2 Å². The Kier molecular flexibility index (Phi) is 3.21. The van der Waals surface area contributed by atoms with E-state index in [0.717, 1.165) is 11.1 Å². The lowest BCUT2D eigenvalue weighted by atomic mass is 9.79. The summed E-state index contributed by atoms with van der Waals surface area (Å²) in [5.74, 6) is -0.226. The molecule has 2 rings (SSSR count). The quantitative estimate of drug-likeness (QED) is 0.620. The molecule has 3 nitrogen and oxygen atoms in total. The SMILES string of the molecule is COC(=O)C1(C(C)C)OC1(C)c1ccc(C)cc1C. The summed E-state index contributed by atoms with van der Waals surface area (Å²) in [5.41, 5.74) is 1.97. The third-order valence-corrected chi connectivity index (χ3v) is 4.23. The highest BCUT2D eigenvalue weighted by Crippen LogP contribution is 2.60. The Balaban J connectivity index is 2.48. The molecule has 0 spiro atoms. The van der Waals surface area contributed by atoms with Crippen molar-refractivity contribution in [3.63, 3.8) is 0 Å². The van der Waals surface area contributed by atoms with Gasteiger partial charge in [-0.05, 0) is 37.8 Å². The summed E-state index contributed by atoms with van der Waals surface area (Å²) >= 11 is 0. The molecule has 1 fully saturated rings. The number of rotatable bonds is 3. The van der Waals surface area contributed by atoms with E-state index in [1.165, 1.54) is 12.7 Å². The third-order valence-electron chi connectivity index (χ3n) is 4.23. The molecule has 19 heavy (non-hydrogen) atoms. The maximum absolute atomic E-state index is 12.2. The summed E-state index contributed by atoms with van der Waals surface area (Å²) in [6.07, 6.45) is 0. The normalized spacial score (nSPS) is 29.4. The van der Waals surface area contributed by atoms with Crippen LogP contribution < -0.4 is 0 Å². The van der Waals surface area contributed by atoms with Crippen LogP contribution in [0.2, 0.25) is 0 Å². The van der Waals surface area contributed by atoms with Gasteiger partial charge < -0.3 is 9.47 Å². The number of aryl methyl sites for hydroxylation is 2. The number of carbonyl (C=O) groups is 1. The Morgan fingerprint density at radius 2 is 1.95 bits per heavy atom. The van der Waals surface area contributed by atoms with Crippen molar-refractivity contribution < 1.29 is 14.3 Å². The summed E-state index contributed by atoms with van der Waals surface area (Å²) in [6.45, 7) is 10.1. The molecule has 0 radical (unpaired) electrons. The summed E-state index contributed by atoms with van der Waals surface area (Å²) in [6, 6.07) is 6.22. The Labute approximate surface area is 114 Å². The zero-order valence-corrected chi connectivity index (χ0v) is 12.5. The molecule has 0 aliphatic carbocycles. The molecule has 0 saturated carbocycles. The molecular formula is C16H22O3. The van der Waals surface area contributed by atoms with Gasteiger partial charge in [-0.15, -0.1) is 0 Å². The van der Waals surface area contributed by atoms with Crippen LogP contribution in [-0.2, 0) is 19.9 Å². The fraction of sp³-hybridized carbons (Fsp3) is 0.562. The Hall–Kier alpha value is -1.35. The van der Waals surface area contributed by atoms with Gasteiger partial charge in [0, 0.05) is 0 Å². The summed E-state index contributed by atoms with van der Waals surface area (Å²) < 4.78 is 10.9. The van der Waals surface area contributed by atoms with Gasteiger partial charge in [-0.2, -0.15) is 0 Å². The largest absolute Gasteiger partial charge is 0.467 e. The highest BCUT2D eigenvalue weighted by molar-refractivity contribution is 5.85. The number of ether oxygens (including phenoxy) is 2. The Morgan fingerprint density at radius 3 is 2.42 bits per heavy atom. The molecule has 0 aromatic heterocycles. The number of methoxy groups -OCH3 is 1. The molecule has 2 atom stereocenters. The molecule has 1 aliphatic heterocycles. The first-order chi connectivity index (χ1) is 8.79. The van der Waals surface area contributed by atoms with Crippen molar-refractivity contribution in [3.8, 4) is 0 Å². The van der Waals surface area contributed by atoms with Gasteiger partial charge in [0.05, 0.1) is 7.11 Å². The Morgan fingerprint density at radius 1 is 1.32 bits per heavy atom. The minimum atomic E-state index is -0.859. The summed E-state index contributed by atoms with van der Waals surface area (Å²) in [4.78, 5) is 12.2. The van der Waals surface area contributed by atoms with Gasteiger partial charge in [-0.3, -0.25) is 0 Å².